The second-order valence-corrected chi connectivity index (χ2v) is 10.2. The first-order valence-electron chi connectivity index (χ1n) is 9.98. The van der Waals surface area contributed by atoms with E-state index in [0.29, 0.717) is 34.6 Å². The fraction of sp³-hybridized carbons (Fsp3) is 0.318. The lowest BCUT2D eigenvalue weighted by molar-refractivity contribution is 0.0828. The molecule has 2 fully saturated rings. The molecule has 0 bridgehead atoms. The number of hydrogen-bond acceptors (Lipinski definition) is 3. The third-order valence-electron chi connectivity index (χ3n) is 6.36. The van der Waals surface area contributed by atoms with Gasteiger partial charge in [0, 0.05) is 30.0 Å². The van der Waals surface area contributed by atoms with Gasteiger partial charge in [-0.1, -0.05) is 23.8 Å². The number of hydrogen-bond donors (Lipinski definition) is 2. The van der Waals surface area contributed by atoms with Gasteiger partial charge in [-0.2, -0.15) is 4.31 Å². The van der Waals surface area contributed by atoms with E-state index >= 15 is 0 Å². The van der Waals surface area contributed by atoms with Gasteiger partial charge in [0.25, 0.3) is 5.91 Å². The zero-order chi connectivity index (χ0) is 21.0. The summed E-state index contributed by atoms with van der Waals surface area (Å²) in [6.45, 7) is 2.79. The largest absolute Gasteiger partial charge is 0.350 e. The summed E-state index contributed by atoms with van der Waals surface area (Å²) in [7, 11) is -3.53. The molecule has 1 aliphatic carbocycles. The van der Waals surface area contributed by atoms with Crippen LogP contribution < -0.4 is 5.32 Å². The molecule has 0 spiro atoms. The van der Waals surface area contributed by atoms with Crippen LogP contribution in [0.25, 0.3) is 10.9 Å². The van der Waals surface area contributed by atoms with Gasteiger partial charge < -0.3 is 10.3 Å². The second-order valence-electron chi connectivity index (χ2n) is 8.26. The van der Waals surface area contributed by atoms with Gasteiger partial charge in [0.15, 0.2) is 0 Å². The maximum Gasteiger partial charge on any atom is 0.267 e. The fourth-order valence-corrected chi connectivity index (χ4v) is 6.11. The molecule has 2 heterocycles. The molecule has 2 N–H and O–H groups in total. The molecule has 156 valence electrons. The number of aryl methyl sites for hydroxylation is 1. The number of sulfonamides is 1. The Balaban J connectivity index is 1.27. The van der Waals surface area contributed by atoms with Gasteiger partial charge in [-0.05, 0) is 55.5 Å². The van der Waals surface area contributed by atoms with Crippen LogP contribution in [0, 0.1) is 24.6 Å². The third kappa shape index (κ3) is 3.11. The van der Waals surface area contributed by atoms with Crippen molar-refractivity contribution in [2.75, 3.05) is 13.1 Å². The van der Waals surface area contributed by atoms with Crippen LogP contribution in [0.3, 0.4) is 0 Å². The van der Waals surface area contributed by atoms with Crippen molar-refractivity contribution in [2.45, 2.75) is 24.3 Å². The smallest absolute Gasteiger partial charge is 0.267 e. The molecule has 2 aromatic carbocycles. The summed E-state index contributed by atoms with van der Waals surface area (Å²) in [5.74, 6) is -0.334. The second kappa shape index (κ2) is 6.92. The summed E-state index contributed by atoms with van der Waals surface area (Å²) in [6, 6.07) is 13.0. The minimum absolute atomic E-state index is 0.0861. The zero-order valence-electron chi connectivity index (χ0n) is 16.4. The molecule has 5 rings (SSSR count). The number of amides is 1. The van der Waals surface area contributed by atoms with Gasteiger partial charge >= 0.3 is 0 Å². The molecule has 1 saturated carbocycles. The van der Waals surface area contributed by atoms with E-state index in [1.807, 2.05) is 6.92 Å². The first-order valence-corrected chi connectivity index (χ1v) is 11.4. The molecule has 3 atom stereocenters. The van der Waals surface area contributed by atoms with Gasteiger partial charge in [0.1, 0.15) is 11.5 Å². The summed E-state index contributed by atoms with van der Waals surface area (Å²) in [5.41, 5.74) is 1.89. The molecule has 1 saturated heterocycles. The normalized spacial score (nSPS) is 23.9. The quantitative estimate of drug-likeness (QED) is 0.671. The van der Waals surface area contributed by atoms with E-state index in [9.17, 15) is 17.6 Å². The van der Waals surface area contributed by atoms with E-state index < -0.39 is 10.0 Å². The fourth-order valence-electron chi connectivity index (χ4n) is 4.57. The Hall–Kier alpha value is -2.71. The predicted octanol–water partition coefficient (Wildman–Crippen LogP) is 3.05. The predicted molar refractivity (Wildman–Crippen MR) is 111 cm³/mol. The molecule has 6 nitrogen and oxygen atoms in total. The van der Waals surface area contributed by atoms with E-state index in [4.69, 9.17) is 0 Å². The van der Waals surface area contributed by atoms with Crippen molar-refractivity contribution in [2.24, 2.45) is 11.8 Å². The van der Waals surface area contributed by atoms with Gasteiger partial charge in [0.2, 0.25) is 10.0 Å². The summed E-state index contributed by atoms with van der Waals surface area (Å²) >= 11 is 0. The molecule has 1 aromatic heterocycles. The Bertz CT molecular complexity index is 1240. The molecule has 8 heteroatoms. The number of aromatic amines is 1. The summed E-state index contributed by atoms with van der Waals surface area (Å²) < 4.78 is 41.3. The maximum absolute atomic E-state index is 13.9. The minimum atomic E-state index is -3.53. The topological polar surface area (TPSA) is 82.3 Å². The summed E-state index contributed by atoms with van der Waals surface area (Å²) in [5, 5.41) is 3.37. The van der Waals surface area contributed by atoms with Crippen LogP contribution in [-0.4, -0.2) is 42.7 Å². The highest BCUT2D eigenvalue weighted by molar-refractivity contribution is 7.89. The summed E-state index contributed by atoms with van der Waals surface area (Å²) in [4.78, 5) is 15.9. The lowest BCUT2D eigenvalue weighted by atomic mass is 9.71. The van der Waals surface area contributed by atoms with E-state index in [-0.39, 0.29) is 29.6 Å². The van der Waals surface area contributed by atoms with Gasteiger partial charge in [-0.3, -0.25) is 4.79 Å². The van der Waals surface area contributed by atoms with Crippen molar-refractivity contribution in [1.82, 2.24) is 14.6 Å². The maximum atomic E-state index is 13.9. The number of aromatic nitrogens is 1. The highest BCUT2D eigenvalue weighted by Gasteiger charge is 2.50. The number of benzene rings is 2. The molecule has 0 radical (unpaired) electrons. The average Bonchev–Trinajstić information content (AvgIpc) is 3.29. The Morgan fingerprint density at radius 1 is 1.17 bits per heavy atom. The van der Waals surface area contributed by atoms with Crippen molar-refractivity contribution in [3.05, 3.63) is 65.6 Å². The number of fused-ring (bicyclic) bond motifs is 2. The average molecular weight is 428 g/mol. The molecule has 30 heavy (non-hydrogen) atoms. The molecule has 3 aromatic rings. The zero-order valence-corrected chi connectivity index (χ0v) is 17.2. The van der Waals surface area contributed by atoms with Crippen molar-refractivity contribution in [3.8, 4) is 0 Å². The van der Waals surface area contributed by atoms with Gasteiger partial charge in [-0.15, -0.1) is 0 Å². The molecular formula is C22H22FN3O3S. The lowest BCUT2D eigenvalue weighted by Gasteiger charge is -2.39. The highest BCUT2D eigenvalue weighted by atomic mass is 32.2. The number of nitrogens with one attached hydrogen (secondary N) is 2. The first-order chi connectivity index (χ1) is 14.3. The van der Waals surface area contributed by atoms with Crippen molar-refractivity contribution >= 4 is 26.8 Å². The van der Waals surface area contributed by atoms with Gasteiger partial charge in [-0.25, -0.2) is 12.8 Å². The Morgan fingerprint density at radius 3 is 2.67 bits per heavy atom. The van der Waals surface area contributed by atoms with Crippen LogP contribution in [0.2, 0.25) is 0 Å². The number of nitrogens with zero attached hydrogens (tertiary/aromatic N) is 1. The molecule has 2 aliphatic rings. The standard InChI is InChI=1S/C22H22FN3O3S/c1-13-5-7-15(8-6-13)30(28,29)26-11-14-9-20(17(14)12-26)25-22(27)21-10-16-18(23)3-2-4-19(16)24-21/h2-8,10,14,17,20,24H,9,11-12H2,1H3,(H,25,27)/t14-,17+,20+/m1/s1. The van der Waals surface area contributed by atoms with Crippen LogP contribution in [-0.2, 0) is 10.0 Å². The first kappa shape index (κ1) is 19.3. The van der Waals surface area contributed by atoms with Crippen LogP contribution in [0.4, 0.5) is 4.39 Å². The number of H-pyrrole nitrogens is 1. The summed E-state index contributed by atoms with van der Waals surface area (Å²) in [6.07, 6.45) is 0.741. The van der Waals surface area contributed by atoms with Crippen LogP contribution in [0.15, 0.2) is 53.4 Å². The van der Waals surface area contributed by atoms with Crippen molar-refractivity contribution < 1.29 is 17.6 Å². The van der Waals surface area contributed by atoms with Crippen LogP contribution in [0.1, 0.15) is 22.5 Å². The Kier molecular flexibility index (Phi) is 4.44. The number of carbonyl (C=O) groups is 1. The Morgan fingerprint density at radius 2 is 1.93 bits per heavy atom. The molecule has 0 unspecified atom stereocenters. The van der Waals surface area contributed by atoms with E-state index in [1.54, 1.807) is 36.4 Å². The van der Waals surface area contributed by atoms with E-state index in [0.717, 1.165) is 12.0 Å². The SMILES string of the molecule is Cc1ccc(S(=O)(=O)N2C[C@H]3C[C@H](NC(=O)c4cc5c(F)cccc5[nH]4)[C@H]3C2)cc1. The lowest BCUT2D eigenvalue weighted by Crippen LogP contribution is -2.52. The number of carbonyl (C=O) groups excluding carboxylic acids is 1. The van der Waals surface area contributed by atoms with E-state index in [1.165, 1.54) is 16.4 Å². The van der Waals surface area contributed by atoms with Crippen LogP contribution in [0.5, 0.6) is 0 Å². The molecular weight excluding hydrogens is 405 g/mol. The molecule has 1 amide bonds. The van der Waals surface area contributed by atoms with Crippen molar-refractivity contribution in [1.29, 1.82) is 0 Å². The number of rotatable bonds is 4. The Labute approximate surface area is 174 Å². The highest BCUT2D eigenvalue weighted by Crippen LogP contribution is 2.42. The van der Waals surface area contributed by atoms with Crippen LogP contribution >= 0.6 is 0 Å². The van der Waals surface area contributed by atoms with Crippen molar-refractivity contribution in [3.63, 3.8) is 0 Å². The third-order valence-corrected chi connectivity index (χ3v) is 8.21. The number of halogens is 1. The minimum Gasteiger partial charge on any atom is -0.350 e. The molecule has 1 aliphatic heterocycles. The monoisotopic (exact) mass is 427 g/mol. The van der Waals surface area contributed by atoms with Gasteiger partial charge in [0.05, 0.1) is 4.90 Å². The van der Waals surface area contributed by atoms with E-state index in [2.05, 4.69) is 10.3 Å².